The Bertz CT molecular complexity index is 554. The average Bonchev–Trinajstić information content (AvgIpc) is 2.93. The van der Waals surface area contributed by atoms with Crippen molar-refractivity contribution in [2.75, 3.05) is 18.5 Å². The Hall–Kier alpha value is -2.20. The van der Waals surface area contributed by atoms with Crippen LogP contribution < -0.4 is 10.6 Å². The molecule has 0 amide bonds. The molecule has 7 nitrogen and oxygen atoms in total. The van der Waals surface area contributed by atoms with Crippen molar-refractivity contribution >= 4 is 11.5 Å². The van der Waals surface area contributed by atoms with Gasteiger partial charge in [-0.15, -0.1) is 0 Å². The average molecular weight is 275 g/mol. The minimum Gasteiger partial charge on any atom is -0.356 e. The lowest BCUT2D eigenvalue weighted by atomic mass is 10.0. The summed E-state index contributed by atoms with van der Waals surface area (Å²) in [7, 11) is 1.90. The summed E-state index contributed by atoms with van der Waals surface area (Å²) in [5, 5.41) is 19.8. The van der Waals surface area contributed by atoms with E-state index in [9.17, 15) is 10.1 Å². The van der Waals surface area contributed by atoms with E-state index in [1.54, 1.807) is 12.1 Å². The predicted octanol–water partition coefficient (Wildman–Crippen LogP) is 1.43. The van der Waals surface area contributed by atoms with Gasteiger partial charge >= 0.3 is 5.69 Å². The molecule has 2 N–H and O–H groups in total. The summed E-state index contributed by atoms with van der Waals surface area (Å²) in [4.78, 5) is 16.3. The molecule has 1 saturated carbocycles. The first kappa shape index (κ1) is 14.2. The summed E-state index contributed by atoms with van der Waals surface area (Å²) in [6, 6.07) is 4.99. The standard InChI is InChI=1S/C13H17N5O2/c1-17(11-4-2-3-9(11)7-14)13-6-5-12(18(19)20)10(8-15)16-13/h5-6,9,11H,2-4,7,14H2,1H3. The second kappa shape index (κ2) is 5.84. The van der Waals surface area contributed by atoms with Gasteiger partial charge in [-0.1, -0.05) is 6.42 Å². The second-order valence-electron chi connectivity index (χ2n) is 5.01. The third-order valence-corrected chi connectivity index (χ3v) is 3.94. The highest BCUT2D eigenvalue weighted by Crippen LogP contribution is 2.31. The first-order chi connectivity index (χ1) is 9.58. The molecule has 0 aromatic carbocycles. The zero-order valence-corrected chi connectivity index (χ0v) is 11.3. The van der Waals surface area contributed by atoms with Gasteiger partial charge in [0.1, 0.15) is 11.9 Å². The Balaban J connectivity index is 2.29. The number of nitriles is 1. The van der Waals surface area contributed by atoms with Crippen molar-refractivity contribution in [2.24, 2.45) is 11.7 Å². The molecule has 20 heavy (non-hydrogen) atoms. The van der Waals surface area contributed by atoms with Gasteiger partial charge in [0.25, 0.3) is 0 Å². The maximum Gasteiger partial charge on any atom is 0.305 e. The summed E-state index contributed by atoms with van der Waals surface area (Å²) in [5.74, 6) is 0.986. The molecule has 1 heterocycles. The van der Waals surface area contributed by atoms with Crippen LogP contribution in [0.5, 0.6) is 0 Å². The van der Waals surface area contributed by atoms with E-state index in [-0.39, 0.29) is 17.4 Å². The van der Waals surface area contributed by atoms with Crippen molar-refractivity contribution < 1.29 is 4.92 Å². The van der Waals surface area contributed by atoms with E-state index in [2.05, 4.69) is 4.98 Å². The third kappa shape index (κ3) is 2.56. The number of nitrogens with two attached hydrogens (primary N) is 1. The lowest BCUT2D eigenvalue weighted by molar-refractivity contribution is -0.385. The van der Waals surface area contributed by atoms with Crippen LogP contribution in [0.3, 0.4) is 0 Å². The van der Waals surface area contributed by atoms with Gasteiger partial charge in [-0.2, -0.15) is 5.26 Å². The Kier molecular flexibility index (Phi) is 4.15. The van der Waals surface area contributed by atoms with Crippen LogP contribution in [-0.2, 0) is 0 Å². The highest BCUT2D eigenvalue weighted by molar-refractivity contribution is 5.51. The molecule has 1 aromatic heterocycles. The fourth-order valence-electron chi connectivity index (χ4n) is 2.84. The van der Waals surface area contributed by atoms with Crippen LogP contribution in [0.1, 0.15) is 25.0 Å². The van der Waals surface area contributed by atoms with Crippen LogP contribution in [0.15, 0.2) is 12.1 Å². The maximum absolute atomic E-state index is 10.8. The molecule has 106 valence electrons. The van der Waals surface area contributed by atoms with Crippen molar-refractivity contribution in [3.8, 4) is 6.07 Å². The molecule has 0 radical (unpaired) electrons. The molecule has 1 aliphatic rings. The normalized spacial score (nSPS) is 21.4. The lowest BCUT2D eigenvalue weighted by Gasteiger charge is -2.30. The fourth-order valence-corrected chi connectivity index (χ4v) is 2.84. The van der Waals surface area contributed by atoms with Gasteiger partial charge in [0.15, 0.2) is 0 Å². The minimum atomic E-state index is -0.590. The zero-order chi connectivity index (χ0) is 14.7. The number of rotatable bonds is 4. The maximum atomic E-state index is 10.8. The number of anilines is 1. The molecule has 2 rings (SSSR count). The molecule has 1 aromatic rings. The van der Waals surface area contributed by atoms with Gasteiger partial charge in [0.05, 0.1) is 4.92 Å². The summed E-state index contributed by atoms with van der Waals surface area (Å²) >= 11 is 0. The molecule has 0 saturated heterocycles. The number of hydrogen-bond donors (Lipinski definition) is 1. The van der Waals surface area contributed by atoms with Crippen LogP contribution in [0.4, 0.5) is 11.5 Å². The highest BCUT2D eigenvalue weighted by Gasteiger charge is 2.30. The van der Waals surface area contributed by atoms with E-state index in [4.69, 9.17) is 11.0 Å². The first-order valence-electron chi connectivity index (χ1n) is 6.57. The molecule has 2 unspecified atom stereocenters. The Morgan fingerprint density at radius 1 is 1.60 bits per heavy atom. The van der Waals surface area contributed by atoms with E-state index < -0.39 is 4.92 Å². The summed E-state index contributed by atoms with van der Waals surface area (Å²) < 4.78 is 0. The topological polar surface area (TPSA) is 109 Å². The number of nitrogens with zero attached hydrogens (tertiary/aromatic N) is 4. The number of hydrogen-bond acceptors (Lipinski definition) is 6. The van der Waals surface area contributed by atoms with E-state index in [0.29, 0.717) is 18.3 Å². The zero-order valence-electron chi connectivity index (χ0n) is 11.3. The molecular formula is C13H17N5O2. The quantitative estimate of drug-likeness (QED) is 0.657. The van der Waals surface area contributed by atoms with Crippen molar-refractivity contribution in [1.29, 1.82) is 5.26 Å². The van der Waals surface area contributed by atoms with E-state index in [0.717, 1.165) is 19.3 Å². The molecular weight excluding hydrogens is 258 g/mol. The molecule has 1 fully saturated rings. The van der Waals surface area contributed by atoms with Crippen LogP contribution in [0.2, 0.25) is 0 Å². The lowest BCUT2D eigenvalue weighted by Crippen LogP contribution is -2.38. The largest absolute Gasteiger partial charge is 0.356 e. The van der Waals surface area contributed by atoms with E-state index in [1.165, 1.54) is 6.07 Å². The van der Waals surface area contributed by atoms with Gasteiger partial charge in [-0.3, -0.25) is 10.1 Å². The summed E-state index contributed by atoms with van der Waals surface area (Å²) in [5.41, 5.74) is 5.36. The van der Waals surface area contributed by atoms with Crippen molar-refractivity contribution in [1.82, 2.24) is 4.98 Å². The molecule has 0 aliphatic heterocycles. The summed E-state index contributed by atoms with van der Waals surface area (Å²) in [6.45, 7) is 0.618. The SMILES string of the molecule is CN(c1ccc([N+](=O)[O-])c(C#N)n1)C1CCCC1CN. The predicted molar refractivity (Wildman–Crippen MR) is 74.2 cm³/mol. The van der Waals surface area contributed by atoms with Crippen LogP contribution in [0, 0.1) is 27.4 Å². The summed E-state index contributed by atoms with van der Waals surface area (Å²) in [6.07, 6.45) is 3.23. The molecule has 0 spiro atoms. The van der Waals surface area contributed by atoms with Gasteiger partial charge in [0, 0.05) is 19.2 Å². The number of pyridine rings is 1. The minimum absolute atomic E-state index is 0.151. The smallest absolute Gasteiger partial charge is 0.305 e. The van der Waals surface area contributed by atoms with Gasteiger partial charge in [0.2, 0.25) is 5.69 Å². The molecule has 0 bridgehead atoms. The fraction of sp³-hybridized carbons (Fsp3) is 0.538. The third-order valence-electron chi connectivity index (χ3n) is 3.94. The Morgan fingerprint density at radius 3 is 2.95 bits per heavy atom. The van der Waals surface area contributed by atoms with Crippen LogP contribution >= 0.6 is 0 Å². The molecule has 2 atom stereocenters. The van der Waals surface area contributed by atoms with Gasteiger partial charge in [-0.05, 0) is 31.4 Å². The highest BCUT2D eigenvalue weighted by atomic mass is 16.6. The first-order valence-corrected chi connectivity index (χ1v) is 6.57. The monoisotopic (exact) mass is 275 g/mol. The Morgan fingerprint density at radius 2 is 2.35 bits per heavy atom. The molecule has 1 aliphatic carbocycles. The van der Waals surface area contributed by atoms with Gasteiger partial charge < -0.3 is 10.6 Å². The van der Waals surface area contributed by atoms with Crippen LogP contribution in [0.25, 0.3) is 0 Å². The van der Waals surface area contributed by atoms with E-state index >= 15 is 0 Å². The Labute approximate surface area is 117 Å². The van der Waals surface area contributed by atoms with Crippen molar-refractivity contribution in [3.63, 3.8) is 0 Å². The number of aromatic nitrogens is 1. The van der Waals surface area contributed by atoms with Crippen molar-refractivity contribution in [3.05, 3.63) is 27.9 Å². The second-order valence-corrected chi connectivity index (χ2v) is 5.01. The van der Waals surface area contributed by atoms with E-state index in [1.807, 2.05) is 11.9 Å². The number of nitro groups is 1. The van der Waals surface area contributed by atoms with Crippen molar-refractivity contribution in [2.45, 2.75) is 25.3 Å². The molecule has 7 heteroatoms. The van der Waals surface area contributed by atoms with Crippen LogP contribution in [-0.4, -0.2) is 29.5 Å². The van der Waals surface area contributed by atoms with Gasteiger partial charge in [-0.25, -0.2) is 4.98 Å².